The first-order chi connectivity index (χ1) is 9.15. The van der Waals surface area contributed by atoms with Gasteiger partial charge in [-0.2, -0.15) is 0 Å². The molecule has 2 rings (SSSR count). The van der Waals surface area contributed by atoms with E-state index in [1.165, 1.54) is 18.2 Å². The zero-order chi connectivity index (χ0) is 13.7. The molecule has 1 amide bonds. The Morgan fingerprint density at radius 1 is 1.16 bits per heavy atom. The Morgan fingerprint density at radius 3 is 2.63 bits per heavy atom. The first kappa shape index (κ1) is 13.2. The van der Waals surface area contributed by atoms with Gasteiger partial charge in [-0.15, -0.1) is 0 Å². The number of hydrogen-bond acceptors (Lipinski definition) is 2. The van der Waals surface area contributed by atoms with Crippen LogP contribution in [0.15, 0.2) is 54.6 Å². The van der Waals surface area contributed by atoms with E-state index < -0.39 is 0 Å². The lowest BCUT2D eigenvalue weighted by Crippen LogP contribution is -2.07. The predicted molar refractivity (Wildman–Crippen MR) is 77.2 cm³/mol. The number of phenols is 1. The van der Waals surface area contributed by atoms with Gasteiger partial charge >= 0.3 is 0 Å². The van der Waals surface area contributed by atoms with Crippen LogP contribution >= 0.6 is 11.6 Å². The smallest absolute Gasteiger partial charge is 0.248 e. The number of carbonyl (C=O) groups excluding carboxylic acids is 1. The minimum Gasteiger partial charge on any atom is -0.506 e. The highest BCUT2D eigenvalue weighted by Gasteiger charge is 2.04. The average Bonchev–Trinajstić information content (AvgIpc) is 2.42. The number of aromatic hydroxyl groups is 1. The Kier molecular flexibility index (Phi) is 4.21. The van der Waals surface area contributed by atoms with Crippen LogP contribution in [-0.4, -0.2) is 11.0 Å². The highest BCUT2D eigenvalue weighted by Crippen LogP contribution is 2.26. The van der Waals surface area contributed by atoms with Gasteiger partial charge in [-0.05, 0) is 29.8 Å². The summed E-state index contributed by atoms with van der Waals surface area (Å²) in [6, 6.07) is 13.9. The number of benzene rings is 2. The fourth-order valence-corrected chi connectivity index (χ4v) is 1.69. The maximum atomic E-state index is 11.7. The largest absolute Gasteiger partial charge is 0.506 e. The summed E-state index contributed by atoms with van der Waals surface area (Å²) in [5, 5.41) is 12.6. The van der Waals surface area contributed by atoms with Gasteiger partial charge in [0.1, 0.15) is 5.75 Å². The zero-order valence-corrected chi connectivity index (χ0v) is 10.8. The number of amides is 1. The normalized spacial score (nSPS) is 10.6. The molecule has 0 aliphatic carbocycles. The third-order valence-electron chi connectivity index (χ3n) is 2.44. The molecule has 0 bridgehead atoms. The van der Waals surface area contributed by atoms with E-state index in [-0.39, 0.29) is 17.3 Å². The molecule has 0 saturated heterocycles. The van der Waals surface area contributed by atoms with Crippen LogP contribution in [0.3, 0.4) is 0 Å². The lowest BCUT2D eigenvalue weighted by Gasteiger charge is -2.05. The fourth-order valence-electron chi connectivity index (χ4n) is 1.52. The molecule has 0 saturated carbocycles. The summed E-state index contributed by atoms with van der Waals surface area (Å²) >= 11 is 5.79. The maximum absolute atomic E-state index is 11.7. The van der Waals surface area contributed by atoms with Crippen LogP contribution in [0.1, 0.15) is 5.56 Å². The summed E-state index contributed by atoms with van der Waals surface area (Å²) in [7, 11) is 0. The topological polar surface area (TPSA) is 49.3 Å². The Balaban J connectivity index is 2.06. The molecule has 0 radical (unpaired) electrons. The fraction of sp³-hybridized carbons (Fsp3) is 0. The Labute approximate surface area is 116 Å². The van der Waals surface area contributed by atoms with Crippen LogP contribution < -0.4 is 5.32 Å². The molecule has 19 heavy (non-hydrogen) atoms. The highest BCUT2D eigenvalue weighted by atomic mass is 35.5. The van der Waals surface area contributed by atoms with E-state index in [1.807, 2.05) is 30.3 Å². The lowest BCUT2D eigenvalue weighted by atomic mass is 10.2. The minimum atomic E-state index is -0.332. The van der Waals surface area contributed by atoms with Crippen molar-refractivity contribution in [2.45, 2.75) is 0 Å². The first-order valence-corrected chi connectivity index (χ1v) is 6.05. The molecular weight excluding hydrogens is 262 g/mol. The van der Waals surface area contributed by atoms with Crippen LogP contribution in [-0.2, 0) is 4.79 Å². The monoisotopic (exact) mass is 273 g/mol. The van der Waals surface area contributed by atoms with Crippen molar-refractivity contribution in [3.8, 4) is 5.75 Å². The second kappa shape index (κ2) is 6.07. The van der Waals surface area contributed by atoms with Gasteiger partial charge in [-0.1, -0.05) is 41.9 Å². The average molecular weight is 274 g/mol. The molecule has 2 N–H and O–H groups in total. The number of carbonyl (C=O) groups is 1. The van der Waals surface area contributed by atoms with Gasteiger partial charge in [0.15, 0.2) is 0 Å². The Hall–Kier alpha value is -2.26. The number of phenolic OH excluding ortho intramolecular Hbond substituents is 1. The third-order valence-corrected chi connectivity index (χ3v) is 2.68. The summed E-state index contributed by atoms with van der Waals surface area (Å²) < 4.78 is 0. The van der Waals surface area contributed by atoms with Crippen molar-refractivity contribution >= 4 is 29.3 Å². The van der Waals surface area contributed by atoms with Crippen molar-refractivity contribution in [3.63, 3.8) is 0 Å². The van der Waals surface area contributed by atoms with Gasteiger partial charge in [0.05, 0.1) is 5.69 Å². The molecule has 0 unspecified atom stereocenters. The lowest BCUT2D eigenvalue weighted by molar-refractivity contribution is -0.111. The van der Waals surface area contributed by atoms with Crippen LogP contribution in [0.2, 0.25) is 5.02 Å². The van der Waals surface area contributed by atoms with E-state index in [4.69, 9.17) is 11.6 Å². The number of hydrogen-bond donors (Lipinski definition) is 2. The van der Waals surface area contributed by atoms with Crippen molar-refractivity contribution in [2.75, 3.05) is 5.32 Å². The van der Waals surface area contributed by atoms with Crippen LogP contribution in [0, 0.1) is 0 Å². The number of halogens is 1. The summed E-state index contributed by atoms with van der Waals surface area (Å²) in [5.74, 6) is -0.354. The molecule has 0 fully saturated rings. The first-order valence-electron chi connectivity index (χ1n) is 5.68. The number of nitrogens with one attached hydrogen (secondary N) is 1. The summed E-state index contributed by atoms with van der Waals surface area (Å²) in [5.41, 5.74) is 1.21. The molecule has 2 aromatic rings. The summed E-state index contributed by atoms with van der Waals surface area (Å²) in [6.07, 6.45) is 3.09. The molecule has 0 aromatic heterocycles. The standard InChI is InChI=1S/C15H12ClNO2/c16-12-7-8-14(18)13(10-12)17-15(19)9-6-11-4-2-1-3-5-11/h1-10,18H,(H,17,19)/b9-6+. The van der Waals surface area contributed by atoms with Gasteiger partial charge in [-0.25, -0.2) is 0 Å². The predicted octanol–water partition coefficient (Wildman–Crippen LogP) is 3.70. The maximum Gasteiger partial charge on any atom is 0.248 e. The minimum absolute atomic E-state index is 0.0224. The summed E-state index contributed by atoms with van der Waals surface area (Å²) in [6.45, 7) is 0. The van der Waals surface area contributed by atoms with Crippen molar-refractivity contribution in [3.05, 3.63) is 65.2 Å². The van der Waals surface area contributed by atoms with Crippen LogP contribution in [0.25, 0.3) is 6.08 Å². The Bertz CT molecular complexity index is 609. The summed E-state index contributed by atoms with van der Waals surface area (Å²) in [4.78, 5) is 11.7. The van der Waals surface area contributed by atoms with Crippen molar-refractivity contribution in [1.82, 2.24) is 0 Å². The molecule has 0 aliphatic rings. The van der Waals surface area contributed by atoms with E-state index >= 15 is 0 Å². The number of rotatable bonds is 3. The quantitative estimate of drug-likeness (QED) is 0.662. The SMILES string of the molecule is O=C(/C=C/c1ccccc1)Nc1cc(Cl)ccc1O. The number of anilines is 1. The van der Waals surface area contributed by atoms with Crippen molar-refractivity contribution in [2.24, 2.45) is 0 Å². The molecule has 0 aliphatic heterocycles. The second-order valence-electron chi connectivity index (χ2n) is 3.89. The van der Waals surface area contributed by atoms with Crippen molar-refractivity contribution < 1.29 is 9.90 Å². The van der Waals surface area contributed by atoms with E-state index in [0.717, 1.165) is 5.56 Å². The molecule has 4 heteroatoms. The molecule has 96 valence electrons. The molecular formula is C15H12ClNO2. The highest BCUT2D eigenvalue weighted by molar-refractivity contribution is 6.31. The van der Waals surface area contributed by atoms with E-state index in [0.29, 0.717) is 5.02 Å². The van der Waals surface area contributed by atoms with E-state index in [1.54, 1.807) is 12.1 Å². The molecule has 3 nitrogen and oxygen atoms in total. The van der Waals surface area contributed by atoms with Crippen LogP contribution in [0.5, 0.6) is 5.75 Å². The molecule has 0 atom stereocenters. The van der Waals surface area contributed by atoms with Gasteiger partial charge in [-0.3, -0.25) is 4.79 Å². The van der Waals surface area contributed by atoms with Crippen molar-refractivity contribution in [1.29, 1.82) is 0 Å². The molecule has 0 spiro atoms. The van der Waals surface area contributed by atoms with Gasteiger partial charge in [0.25, 0.3) is 0 Å². The molecule has 2 aromatic carbocycles. The van der Waals surface area contributed by atoms with Gasteiger partial charge < -0.3 is 10.4 Å². The Morgan fingerprint density at radius 2 is 1.89 bits per heavy atom. The van der Waals surface area contributed by atoms with Gasteiger partial charge in [0, 0.05) is 11.1 Å². The van der Waals surface area contributed by atoms with Crippen LogP contribution in [0.4, 0.5) is 5.69 Å². The van der Waals surface area contributed by atoms with Gasteiger partial charge in [0.2, 0.25) is 5.91 Å². The second-order valence-corrected chi connectivity index (χ2v) is 4.33. The van der Waals surface area contributed by atoms with E-state index in [2.05, 4.69) is 5.32 Å². The molecule has 0 heterocycles. The third kappa shape index (κ3) is 3.86. The zero-order valence-electron chi connectivity index (χ0n) is 10.0. The van der Waals surface area contributed by atoms with E-state index in [9.17, 15) is 9.90 Å².